The molecule has 28 heavy (non-hydrogen) atoms. The van der Waals surface area contributed by atoms with Crippen molar-refractivity contribution in [2.24, 2.45) is 0 Å². The Morgan fingerprint density at radius 1 is 1.32 bits per heavy atom. The van der Waals surface area contributed by atoms with E-state index in [1.165, 1.54) is 0 Å². The standard InChI is InChI=1S/C20H23N5O2S/c1-12-8-17(27-23-12)15-10-21-20(24(3)4)22-18(15)16-6-5-7-25(16)19(26)14-9-13(2)28-11-14/h8-11,16H,5-7H2,1-4H3/t16-/m1/s1. The molecule has 3 aromatic heterocycles. The fourth-order valence-corrected chi connectivity index (χ4v) is 4.23. The van der Waals surface area contributed by atoms with Crippen molar-refractivity contribution in [2.45, 2.75) is 32.7 Å². The zero-order valence-electron chi connectivity index (χ0n) is 16.5. The average molecular weight is 398 g/mol. The van der Waals surface area contributed by atoms with E-state index < -0.39 is 0 Å². The Kier molecular flexibility index (Phi) is 4.89. The Morgan fingerprint density at radius 2 is 2.14 bits per heavy atom. The summed E-state index contributed by atoms with van der Waals surface area (Å²) < 4.78 is 5.49. The first-order valence-electron chi connectivity index (χ1n) is 9.28. The van der Waals surface area contributed by atoms with E-state index in [2.05, 4.69) is 10.1 Å². The normalized spacial score (nSPS) is 16.6. The van der Waals surface area contributed by atoms with Crippen molar-refractivity contribution in [1.82, 2.24) is 20.0 Å². The van der Waals surface area contributed by atoms with Crippen LogP contribution in [0, 0.1) is 13.8 Å². The van der Waals surface area contributed by atoms with E-state index in [1.54, 1.807) is 17.5 Å². The van der Waals surface area contributed by atoms with Crippen LogP contribution in [0.25, 0.3) is 11.3 Å². The zero-order chi connectivity index (χ0) is 19.8. The second kappa shape index (κ2) is 7.35. The molecule has 1 fully saturated rings. The van der Waals surface area contributed by atoms with Crippen molar-refractivity contribution < 1.29 is 9.32 Å². The van der Waals surface area contributed by atoms with Crippen LogP contribution in [0.2, 0.25) is 0 Å². The third kappa shape index (κ3) is 3.40. The number of anilines is 1. The molecule has 7 nitrogen and oxygen atoms in total. The van der Waals surface area contributed by atoms with Crippen molar-refractivity contribution in [3.63, 3.8) is 0 Å². The third-order valence-electron chi connectivity index (χ3n) is 4.91. The van der Waals surface area contributed by atoms with Crippen molar-refractivity contribution in [2.75, 3.05) is 25.5 Å². The van der Waals surface area contributed by atoms with Gasteiger partial charge in [-0.1, -0.05) is 5.16 Å². The van der Waals surface area contributed by atoms with Crippen molar-refractivity contribution in [3.05, 3.63) is 45.5 Å². The van der Waals surface area contributed by atoms with Crippen molar-refractivity contribution >= 4 is 23.2 Å². The number of thiophene rings is 1. The predicted molar refractivity (Wildman–Crippen MR) is 109 cm³/mol. The van der Waals surface area contributed by atoms with Gasteiger partial charge >= 0.3 is 0 Å². The highest BCUT2D eigenvalue weighted by atomic mass is 32.1. The van der Waals surface area contributed by atoms with Crippen LogP contribution in [0.15, 0.2) is 28.2 Å². The summed E-state index contributed by atoms with van der Waals surface area (Å²) in [6.45, 7) is 4.61. The van der Waals surface area contributed by atoms with E-state index in [9.17, 15) is 4.79 Å². The highest BCUT2D eigenvalue weighted by molar-refractivity contribution is 7.10. The fraction of sp³-hybridized carbons (Fsp3) is 0.400. The molecule has 0 saturated carbocycles. The Labute approximate surface area is 168 Å². The number of carbonyl (C=O) groups is 1. The molecule has 146 valence electrons. The number of rotatable bonds is 4. The number of aromatic nitrogens is 3. The topological polar surface area (TPSA) is 75.4 Å². The quantitative estimate of drug-likeness (QED) is 0.666. The molecule has 1 amide bonds. The summed E-state index contributed by atoms with van der Waals surface area (Å²) in [5.41, 5.74) is 3.14. The second-order valence-electron chi connectivity index (χ2n) is 7.30. The molecule has 1 aliphatic rings. The maximum absolute atomic E-state index is 13.2. The maximum atomic E-state index is 13.2. The first-order valence-corrected chi connectivity index (χ1v) is 10.2. The molecule has 4 rings (SSSR count). The lowest BCUT2D eigenvalue weighted by Crippen LogP contribution is -2.31. The molecular formula is C20H23N5O2S. The summed E-state index contributed by atoms with van der Waals surface area (Å²) in [7, 11) is 3.81. The van der Waals surface area contributed by atoms with Crippen LogP contribution in [0.3, 0.4) is 0 Å². The van der Waals surface area contributed by atoms with Crippen LogP contribution in [0.4, 0.5) is 5.95 Å². The minimum absolute atomic E-state index is 0.0524. The second-order valence-corrected chi connectivity index (χ2v) is 8.41. The van der Waals surface area contributed by atoms with Gasteiger partial charge in [-0.15, -0.1) is 11.3 Å². The molecule has 0 spiro atoms. The Balaban J connectivity index is 1.77. The molecule has 0 N–H and O–H groups in total. The molecule has 0 radical (unpaired) electrons. The minimum atomic E-state index is -0.116. The predicted octanol–water partition coefficient (Wildman–Crippen LogP) is 3.85. The first kappa shape index (κ1) is 18.6. The van der Waals surface area contributed by atoms with E-state index in [-0.39, 0.29) is 11.9 Å². The van der Waals surface area contributed by atoms with Gasteiger partial charge in [0, 0.05) is 43.2 Å². The summed E-state index contributed by atoms with van der Waals surface area (Å²) in [6, 6.07) is 3.71. The van der Waals surface area contributed by atoms with Gasteiger partial charge in [0.1, 0.15) is 0 Å². The molecule has 8 heteroatoms. The van der Waals surface area contributed by atoms with Crippen molar-refractivity contribution in [3.8, 4) is 11.3 Å². The van der Waals surface area contributed by atoms with Gasteiger partial charge in [0.15, 0.2) is 5.76 Å². The number of likely N-dealkylation sites (tertiary alicyclic amines) is 1. The lowest BCUT2D eigenvalue weighted by molar-refractivity contribution is 0.0733. The lowest BCUT2D eigenvalue weighted by atomic mass is 10.0. The first-order chi connectivity index (χ1) is 13.4. The number of nitrogens with zero attached hydrogens (tertiary/aromatic N) is 5. The molecule has 0 unspecified atom stereocenters. The summed E-state index contributed by atoms with van der Waals surface area (Å²) in [5.74, 6) is 1.29. The van der Waals surface area contributed by atoms with Gasteiger partial charge in [-0.25, -0.2) is 9.97 Å². The van der Waals surface area contributed by atoms with Gasteiger partial charge in [0.2, 0.25) is 5.95 Å². The van der Waals surface area contributed by atoms with Crippen LogP contribution in [-0.4, -0.2) is 46.6 Å². The van der Waals surface area contributed by atoms with Crippen LogP contribution in [-0.2, 0) is 0 Å². The molecule has 0 aliphatic carbocycles. The zero-order valence-corrected chi connectivity index (χ0v) is 17.3. The third-order valence-corrected chi connectivity index (χ3v) is 5.77. The van der Waals surface area contributed by atoms with Crippen LogP contribution < -0.4 is 4.90 Å². The molecule has 0 bridgehead atoms. The van der Waals surface area contributed by atoms with Gasteiger partial charge in [0.25, 0.3) is 5.91 Å². The molecule has 3 aromatic rings. The van der Waals surface area contributed by atoms with Gasteiger partial charge in [-0.05, 0) is 32.8 Å². The monoisotopic (exact) mass is 397 g/mol. The summed E-state index contributed by atoms with van der Waals surface area (Å²) in [6.07, 6.45) is 3.57. The molecule has 0 aromatic carbocycles. The number of hydrogen-bond donors (Lipinski definition) is 0. The van der Waals surface area contributed by atoms with Gasteiger partial charge in [0.05, 0.1) is 28.6 Å². The van der Waals surface area contributed by atoms with E-state index in [0.717, 1.165) is 40.2 Å². The Bertz CT molecular complexity index is 1010. The fourth-order valence-electron chi connectivity index (χ4n) is 3.55. The number of hydrogen-bond acceptors (Lipinski definition) is 7. The summed E-state index contributed by atoms with van der Waals surface area (Å²) >= 11 is 1.59. The summed E-state index contributed by atoms with van der Waals surface area (Å²) in [5, 5.41) is 5.93. The van der Waals surface area contributed by atoms with Crippen LogP contribution in [0.1, 0.15) is 45.5 Å². The lowest BCUT2D eigenvalue weighted by Gasteiger charge is -2.26. The Hall–Kier alpha value is -2.74. The van der Waals surface area contributed by atoms with Gasteiger partial charge in [-0.3, -0.25) is 4.79 Å². The smallest absolute Gasteiger partial charge is 0.255 e. The largest absolute Gasteiger partial charge is 0.356 e. The number of amides is 1. The van der Waals surface area contributed by atoms with E-state index >= 15 is 0 Å². The highest BCUT2D eigenvalue weighted by Gasteiger charge is 2.34. The van der Waals surface area contributed by atoms with E-state index in [4.69, 9.17) is 9.51 Å². The highest BCUT2D eigenvalue weighted by Crippen LogP contribution is 2.38. The molecule has 1 atom stereocenters. The molecular weight excluding hydrogens is 374 g/mol. The molecule has 1 saturated heterocycles. The average Bonchev–Trinajstić information content (AvgIpc) is 3.41. The van der Waals surface area contributed by atoms with Crippen LogP contribution in [0.5, 0.6) is 0 Å². The number of aryl methyl sites for hydroxylation is 2. The van der Waals surface area contributed by atoms with Crippen LogP contribution >= 0.6 is 11.3 Å². The maximum Gasteiger partial charge on any atom is 0.255 e. The van der Waals surface area contributed by atoms with Crippen molar-refractivity contribution in [1.29, 1.82) is 0 Å². The molecule has 4 heterocycles. The minimum Gasteiger partial charge on any atom is -0.356 e. The number of carbonyl (C=O) groups excluding carboxylic acids is 1. The van der Waals surface area contributed by atoms with Gasteiger partial charge in [-0.2, -0.15) is 0 Å². The van der Waals surface area contributed by atoms with E-state index in [1.807, 2.05) is 55.3 Å². The molecule has 1 aliphatic heterocycles. The SMILES string of the molecule is Cc1cc(-c2cnc(N(C)C)nc2[C@H]2CCCN2C(=O)c2csc(C)c2)on1. The summed E-state index contributed by atoms with van der Waals surface area (Å²) in [4.78, 5) is 27.3. The Morgan fingerprint density at radius 3 is 2.79 bits per heavy atom. The van der Waals surface area contributed by atoms with E-state index in [0.29, 0.717) is 18.3 Å². The van der Waals surface area contributed by atoms with Gasteiger partial charge < -0.3 is 14.3 Å².